The number of alkyl halides is 3. The largest absolute Gasteiger partial charge is 0.418 e. The molecule has 0 aliphatic heterocycles. The quantitative estimate of drug-likeness (QED) is 0.767. The molecule has 0 saturated carbocycles. The molecular formula is C9H13F3N2O2. The molecule has 1 heterocycles. The monoisotopic (exact) mass is 238 g/mol. The molecule has 0 aromatic carbocycles. The highest BCUT2D eigenvalue weighted by atomic mass is 19.4. The molecule has 0 fully saturated rings. The molecule has 16 heavy (non-hydrogen) atoms. The summed E-state index contributed by atoms with van der Waals surface area (Å²) in [5.74, 6) is -0.738. The molecule has 0 saturated heterocycles. The zero-order valence-electron chi connectivity index (χ0n) is 9.09. The highest BCUT2D eigenvalue weighted by Gasteiger charge is 2.36. The van der Waals surface area contributed by atoms with E-state index in [1.165, 1.54) is 18.7 Å². The lowest BCUT2D eigenvalue weighted by molar-refractivity contribution is -0.137. The average Bonchev–Trinajstić information content (AvgIpc) is 2.62. The van der Waals surface area contributed by atoms with Gasteiger partial charge in [-0.05, 0) is 0 Å². The predicted octanol–water partition coefficient (Wildman–Crippen LogP) is 1.01. The molecule has 1 amide bonds. The van der Waals surface area contributed by atoms with E-state index in [0.29, 0.717) is 0 Å². The Labute approximate surface area is 90.7 Å². The molecule has 4 nitrogen and oxygen atoms in total. The molecule has 0 bridgehead atoms. The number of carbonyl (C=O) groups excluding carboxylic acids is 1. The number of hydrogen-bond donors (Lipinski definition) is 2. The van der Waals surface area contributed by atoms with E-state index in [-0.39, 0.29) is 5.56 Å². The number of rotatable bonds is 1. The molecule has 7 heteroatoms. The minimum Gasteiger partial charge on any atom is -0.400 e. The third kappa shape index (κ3) is 3.27. The van der Waals surface area contributed by atoms with Crippen LogP contribution in [0, 0.1) is 0 Å². The standard InChI is InChI=1S/C8H9F3N2O.CH4O/c1-12-7(14)5-3-13(2)4-6(5)8(9,10)11;1-2/h3-4H,1-2H3,(H,12,14);2H,1H3. The number of aryl methyl sites for hydroxylation is 1. The Kier molecular flexibility index (Phi) is 5.03. The molecular weight excluding hydrogens is 225 g/mol. The minimum atomic E-state index is -4.50. The predicted molar refractivity (Wildman–Crippen MR) is 51.9 cm³/mol. The van der Waals surface area contributed by atoms with Gasteiger partial charge in [0, 0.05) is 33.6 Å². The van der Waals surface area contributed by atoms with Gasteiger partial charge >= 0.3 is 6.18 Å². The van der Waals surface area contributed by atoms with Gasteiger partial charge in [-0.1, -0.05) is 0 Å². The van der Waals surface area contributed by atoms with Gasteiger partial charge in [0.25, 0.3) is 5.91 Å². The van der Waals surface area contributed by atoms with Crippen molar-refractivity contribution in [3.05, 3.63) is 23.5 Å². The molecule has 0 aliphatic carbocycles. The maximum Gasteiger partial charge on any atom is 0.418 e. The average molecular weight is 238 g/mol. The summed E-state index contributed by atoms with van der Waals surface area (Å²) in [4.78, 5) is 11.1. The van der Waals surface area contributed by atoms with Crippen LogP contribution in [0.25, 0.3) is 0 Å². The topological polar surface area (TPSA) is 54.3 Å². The zero-order valence-corrected chi connectivity index (χ0v) is 9.09. The lowest BCUT2D eigenvalue weighted by Crippen LogP contribution is -2.21. The maximum absolute atomic E-state index is 12.4. The Bertz CT molecular complexity index is 358. The second kappa shape index (κ2) is 5.55. The number of amides is 1. The molecule has 1 rings (SSSR count). The van der Waals surface area contributed by atoms with Gasteiger partial charge in [-0.3, -0.25) is 4.79 Å². The van der Waals surface area contributed by atoms with Gasteiger partial charge in [-0.15, -0.1) is 0 Å². The molecule has 1 aromatic rings. The van der Waals surface area contributed by atoms with Gasteiger partial charge in [0.1, 0.15) is 0 Å². The summed E-state index contributed by atoms with van der Waals surface area (Å²) in [6.45, 7) is 0. The van der Waals surface area contributed by atoms with Gasteiger partial charge in [-0.2, -0.15) is 13.2 Å². The van der Waals surface area contributed by atoms with E-state index in [2.05, 4.69) is 5.32 Å². The van der Waals surface area contributed by atoms with Crippen molar-refractivity contribution in [1.82, 2.24) is 9.88 Å². The van der Waals surface area contributed by atoms with E-state index >= 15 is 0 Å². The van der Waals surface area contributed by atoms with E-state index in [1.807, 2.05) is 0 Å². The molecule has 0 spiro atoms. The maximum atomic E-state index is 12.4. The van der Waals surface area contributed by atoms with Crippen molar-refractivity contribution in [2.45, 2.75) is 6.18 Å². The summed E-state index contributed by atoms with van der Waals surface area (Å²) in [5, 5.41) is 9.15. The van der Waals surface area contributed by atoms with E-state index in [0.717, 1.165) is 19.5 Å². The number of nitrogens with one attached hydrogen (secondary N) is 1. The molecule has 0 atom stereocenters. The summed E-state index contributed by atoms with van der Waals surface area (Å²) in [6, 6.07) is 0. The smallest absolute Gasteiger partial charge is 0.400 e. The normalized spacial score (nSPS) is 10.4. The fourth-order valence-electron chi connectivity index (χ4n) is 1.13. The second-order valence-electron chi connectivity index (χ2n) is 2.83. The van der Waals surface area contributed by atoms with Crippen molar-refractivity contribution >= 4 is 5.91 Å². The van der Waals surface area contributed by atoms with E-state index in [1.54, 1.807) is 0 Å². The SMILES string of the molecule is CNC(=O)c1cn(C)cc1C(F)(F)F.CO. The van der Waals surface area contributed by atoms with Gasteiger partial charge in [-0.25, -0.2) is 0 Å². The first kappa shape index (κ1) is 14.5. The van der Waals surface area contributed by atoms with Crippen LogP contribution in [0.4, 0.5) is 13.2 Å². The van der Waals surface area contributed by atoms with Crippen LogP contribution >= 0.6 is 0 Å². The van der Waals surface area contributed by atoms with Gasteiger partial charge in [0.2, 0.25) is 0 Å². The van der Waals surface area contributed by atoms with Crippen molar-refractivity contribution < 1.29 is 23.1 Å². The van der Waals surface area contributed by atoms with Crippen molar-refractivity contribution in [2.24, 2.45) is 7.05 Å². The molecule has 0 unspecified atom stereocenters. The number of hydrogen-bond acceptors (Lipinski definition) is 2. The fourth-order valence-corrected chi connectivity index (χ4v) is 1.13. The number of aromatic nitrogens is 1. The number of aliphatic hydroxyl groups excluding tert-OH is 1. The van der Waals surface area contributed by atoms with Crippen LogP contribution in [0.5, 0.6) is 0 Å². The van der Waals surface area contributed by atoms with Crippen molar-refractivity contribution in [1.29, 1.82) is 0 Å². The third-order valence-corrected chi connectivity index (χ3v) is 1.73. The van der Waals surface area contributed by atoms with E-state index in [4.69, 9.17) is 5.11 Å². The number of halogens is 3. The van der Waals surface area contributed by atoms with Crippen LogP contribution in [0.3, 0.4) is 0 Å². The zero-order chi connectivity index (χ0) is 12.9. The van der Waals surface area contributed by atoms with E-state index < -0.39 is 17.6 Å². The number of aliphatic hydroxyl groups is 1. The van der Waals surface area contributed by atoms with Crippen molar-refractivity contribution in [3.8, 4) is 0 Å². The Morgan fingerprint density at radius 3 is 2.25 bits per heavy atom. The summed E-state index contributed by atoms with van der Waals surface area (Å²) in [5.41, 5.74) is -1.28. The lowest BCUT2D eigenvalue weighted by Gasteiger charge is -2.05. The summed E-state index contributed by atoms with van der Waals surface area (Å²) in [6.07, 6.45) is -2.48. The van der Waals surface area contributed by atoms with Gasteiger partial charge in [0.05, 0.1) is 11.1 Å². The van der Waals surface area contributed by atoms with E-state index in [9.17, 15) is 18.0 Å². The summed E-state index contributed by atoms with van der Waals surface area (Å²) in [7, 11) is 3.72. The summed E-state index contributed by atoms with van der Waals surface area (Å²) < 4.78 is 38.3. The van der Waals surface area contributed by atoms with Crippen LogP contribution < -0.4 is 5.32 Å². The third-order valence-electron chi connectivity index (χ3n) is 1.73. The first-order chi connectivity index (χ1) is 7.36. The van der Waals surface area contributed by atoms with Crippen LogP contribution in [0.2, 0.25) is 0 Å². The molecule has 1 aromatic heterocycles. The van der Waals surface area contributed by atoms with Crippen LogP contribution in [0.1, 0.15) is 15.9 Å². The first-order valence-corrected chi connectivity index (χ1v) is 4.26. The number of nitrogens with zero attached hydrogens (tertiary/aromatic N) is 1. The highest BCUT2D eigenvalue weighted by Crippen LogP contribution is 2.32. The van der Waals surface area contributed by atoms with Gasteiger partial charge < -0.3 is 15.0 Å². The molecule has 2 N–H and O–H groups in total. The lowest BCUT2D eigenvalue weighted by atomic mass is 10.2. The second-order valence-corrected chi connectivity index (χ2v) is 2.83. The fraction of sp³-hybridized carbons (Fsp3) is 0.444. The highest BCUT2D eigenvalue weighted by molar-refractivity contribution is 5.95. The van der Waals surface area contributed by atoms with Crippen LogP contribution in [0.15, 0.2) is 12.4 Å². The summed E-state index contributed by atoms with van der Waals surface area (Å²) >= 11 is 0. The van der Waals surface area contributed by atoms with Crippen LogP contribution in [-0.4, -0.2) is 29.7 Å². The molecule has 92 valence electrons. The van der Waals surface area contributed by atoms with Crippen LogP contribution in [-0.2, 0) is 13.2 Å². The first-order valence-electron chi connectivity index (χ1n) is 4.26. The minimum absolute atomic E-state index is 0.359. The Hall–Kier alpha value is -1.50. The Morgan fingerprint density at radius 2 is 1.88 bits per heavy atom. The van der Waals surface area contributed by atoms with Crippen molar-refractivity contribution in [3.63, 3.8) is 0 Å². The van der Waals surface area contributed by atoms with Crippen molar-refractivity contribution in [2.75, 3.05) is 14.2 Å². The number of carbonyl (C=O) groups is 1. The molecule has 0 aliphatic rings. The Morgan fingerprint density at radius 1 is 1.38 bits per heavy atom. The van der Waals surface area contributed by atoms with Gasteiger partial charge in [0.15, 0.2) is 0 Å². The Balaban J connectivity index is 0.00000106. The molecule has 0 radical (unpaired) electrons.